The Labute approximate surface area is 207 Å². The lowest BCUT2D eigenvalue weighted by Crippen LogP contribution is -2.45. The van der Waals surface area contributed by atoms with Crippen molar-refractivity contribution in [2.24, 2.45) is 0 Å². The van der Waals surface area contributed by atoms with Gasteiger partial charge in [-0.1, -0.05) is 48.5 Å². The van der Waals surface area contributed by atoms with Crippen LogP contribution in [0.5, 0.6) is 0 Å². The van der Waals surface area contributed by atoms with Crippen LogP contribution >= 0.6 is 0 Å². The minimum Gasteiger partial charge on any atom is -0.447 e. The van der Waals surface area contributed by atoms with E-state index in [0.29, 0.717) is 6.42 Å². The fourth-order valence-electron chi connectivity index (χ4n) is 4.66. The molecule has 6 heteroatoms. The second-order valence-electron chi connectivity index (χ2n) is 9.32. The van der Waals surface area contributed by atoms with Gasteiger partial charge in [0.2, 0.25) is 5.91 Å². The maximum atomic E-state index is 12.4. The minimum absolute atomic E-state index is 0.0122. The summed E-state index contributed by atoms with van der Waals surface area (Å²) in [6, 6.07) is 24.3. The molecule has 35 heavy (non-hydrogen) atoms. The molecular weight excluding hydrogens is 438 g/mol. The zero-order valence-corrected chi connectivity index (χ0v) is 20.7. The summed E-state index contributed by atoms with van der Waals surface area (Å²) < 4.78 is 5.33. The lowest BCUT2D eigenvalue weighted by Gasteiger charge is -2.39. The van der Waals surface area contributed by atoms with Crippen molar-refractivity contribution < 1.29 is 14.3 Å². The molecule has 0 aromatic heterocycles. The van der Waals surface area contributed by atoms with Gasteiger partial charge in [0, 0.05) is 30.9 Å². The van der Waals surface area contributed by atoms with Gasteiger partial charge < -0.3 is 20.3 Å². The molecular formula is C29H33N3O3. The molecule has 4 rings (SSSR count). The monoisotopic (exact) mass is 471 g/mol. The number of nitrogens with one attached hydrogen (secondary N) is 2. The SMILES string of the molecule is CC(=O)N1c2ccc(-c3cccc(NCc4ccccc4)c3)cc2[C@H](NC(=O)OC(C)C)C[C@@H]1C. The van der Waals surface area contributed by atoms with Crippen LogP contribution in [0, 0.1) is 0 Å². The van der Waals surface area contributed by atoms with Crippen LogP contribution in [0.4, 0.5) is 16.2 Å². The van der Waals surface area contributed by atoms with Gasteiger partial charge in [-0.05, 0) is 73.7 Å². The van der Waals surface area contributed by atoms with Crippen LogP contribution in [0.1, 0.15) is 51.3 Å². The van der Waals surface area contributed by atoms with Crippen LogP contribution in [0.15, 0.2) is 72.8 Å². The molecule has 0 fully saturated rings. The molecule has 1 aliphatic rings. The molecule has 2 atom stereocenters. The summed E-state index contributed by atoms with van der Waals surface area (Å²) in [5.74, 6) is -0.0122. The van der Waals surface area contributed by atoms with E-state index in [2.05, 4.69) is 47.0 Å². The van der Waals surface area contributed by atoms with Crippen molar-refractivity contribution in [2.45, 2.75) is 58.8 Å². The molecule has 0 saturated carbocycles. The highest BCUT2D eigenvalue weighted by molar-refractivity contribution is 5.94. The molecule has 2 N–H and O–H groups in total. The quantitative estimate of drug-likeness (QED) is 0.443. The molecule has 0 spiro atoms. The van der Waals surface area contributed by atoms with Crippen molar-refractivity contribution in [3.05, 3.63) is 83.9 Å². The van der Waals surface area contributed by atoms with E-state index in [4.69, 9.17) is 4.74 Å². The Morgan fingerprint density at radius 2 is 1.74 bits per heavy atom. The predicted octanol–water partition coefficient (Wildman–Crippen LogP) is 6.29. The molecule has 3 aromatic carbocycles. The van der Waals surface area contributed by atoms with Gasteiger partial charge >= 0.3 is 6.09 Å². The summed E-state index contributed by atoms with van der Waals surface area (Å²) >= 11 is 0. The number of carbonyl (C=O) groups excluding carboxylic acids is 2. The zero-order valence-electron chi connectivity index (χ0n) is 20.7. The topological polar surface area (TPSA) is 70.7 Å². The van der Waals surface area contributed by atoms with Crippen molar-refractivity contribution in [1.82, 2.24) is 5.32 Å². The summed E-state index contributed by atoms with van der Waals surface area (Å²) in [7, 11) is 0. The molecule has 0 unspecified atom stereocenters. The highest BCUT2D eigenvalue weighted by atomic mass is 16.6. The number of fused-ring (bicyclic) bond motifs is 1. The summed E-state index contributed by atoms with van der Waals surface area (Å²) in [5.41, 5.74) is 6.06. The normalized spacial score (nSPS) is 17.0. The second-order valence-corrected chi connectivity index (χ2v) is 9.32. The maximum absolute atomic E-state index is 12.4. The Morgan fingerprint density at radius 1 is 1.00 bits per heavy atom. The fourth-order valence-corrected chi connectivity index (χ4v) is 4.66. The molecule has 2 amide bonds. The second kappa shape index (κ2) is 10.6. The smallest absolute Gasteiger partial charge is 0.407 e. The van der Waals surface area contributed by atoms with E-state index in [-0.39, 0.29) is 24.1 Å². The Kier molecular flexibility index (Phi) is 7.39. The van der Waals surface area contributed by atoms with Crippen LogP contribution in [0.25, 0.3) is 11.1 Å². The van der Waals surface area contributed by atoms with Gasteiger partial charge in [0.25, 0.3) is 0 Å². The number of benzene rings is 3. The molecule has 1 aliphatic heterocycles. The van der Waals surface area contributed by atoms with Crippen LogP contribution < -0.4 is 15.5 Å². The number of carbonyl (C=O) groups is 2. The third-order valence-electron chi connectivity index (χ3n) is 6.19. The molecule has 0 saturated heterocycles. The molecule has 182 valence electrons. The van der Waals surface area contributed by atoms with E-state index in [1.54, 1.807) is 6.92 Å². The van der Waals surface area contributed by atoms with E-state index in [1.165, 1.54) is 5.56 Å². The van der Waals surface area contributed by atoms with Crippen LogP contribution in [-0.4, -0.2) is 24.1 Å². The zero-order chi connectivity index (χ0) is 24.9. The van der Waals surface area contributed by atoms with Crippen LogP contribution in [0.3, 0.4) is 0 Å². The number of rotatable bonds is 6. The largest absolute Gasteiger partial charge is 0.447 e. The molecule has 6 nitrogen and oxygen atoms in total. The number of nitrogens with zero attached hydrogens (tertiary/aromatic N) is 1. The standard InChI is InChI=1S/C29H33N3O3/c1-19(2)35-29(34)31-27-15-20(3)32(21(4)33)28-14-13-24(17-26(27)28)23-11-8-12-25(16-23)30-18-22-9-6-5-7-10-22/h5-14,16-17,19-20,27,30H,15,18H2,1-4H3,(H,31,34)/t20-,27+/m0/s1. The summed E-state index contributed by atoms with van der Waals surface area (Å²) in [6.45, 7) is 7.97. The third kappa shape index (κ3) is 5.83. The van der Waals surface area contributed by atoms with E-state index < -0.39 is 6.09 Å². The van der Waals surface area contributed by atoms with Gasteiger partial charge in [0.05, 0.1) is 12.1 Å². The fraction of sp³-hybridized carbons (Fsp3) is 0.310. The predicted molar refractivity (Wildman–Crippen MR) is 140 cm³/mol. The first-order valence-electron chi connectivity index (χ1n) is 12.1. The highest BCUT2D eigenvalue weighted by Crippen LogP contribution is 2.40. The minimum atomic E-state index is -0.447. The average Bonchev–Trinajstić information content (AvgIpc) is 2.82. The Bertz CT molecular complexity index is 1190. The van der Waals surface area contributed by atoms with Gasteiger partial charge in [-0.3, -0.25) is 4.79 Å². The lowest BCUT2D eigenvalue weighted by atomic mass is 9.89. The molecule has 0 bridgehead atoms. The Morgan fingerprint density at radius 3 is 2.46 bits per heavy atom. The number of hydrogen-bond donors (Lipinski definition) is 2. The average molecular weight is 472 g/mol. The molecule has 1 heterocycles. The number of anilines is 2. The van der Waals surface area contributed by atoms with E-state index in [1.807, 2.05) is 62.1 Å². The Hall–Kier alpha value is -3.80. The first-order valence-corrected chi connectivity index (χ1v) is 12.1. The first kappa shape index (κ1) is 24.3. The van der Waals surface area contributed by atoms with Crippen molar-refractivity contribution >= 4 is 23.4 Å². The van der Waals surface area contributed by atoms with Crippen molar-refractivity contribution in [3.63, 3.8) is 0 Å². The number of amides is 2. The van der Waals surface area contributed by atoms with Gasteiger partial charge in [-0.25, -0.2) is 4.79 Å². The van der Waals surface area contributed by atoms with Crippen molar-refractivity contribution in [3.8, 4) is 11.1 Å². The van der Waals surface area contributed by atoms with Gasteiger partial charge in [-0.2, -0.15) is 0 Å². The van der Waals surface area contributed by atoms with Crippen molar-refractivity contribution in [1.29, 1.82) is 0 Å². The van der Waals surface area contributed by atoms with Gasteiger partial charge in [-0.15, -0.1) is 0 Å². The van der Waals surface area contributed by atoms with Gasteiger partial charge in [0.15, 0.2) is 0 Å². The van der Waals surface area contributed by atoms with Crippen molar-refractivity contribution in [2.75, 3.05) is 10.2 Å². The number of ether oxygens (including phenoxy) is 1. The van der Waals surface area contributed by atoms with E-state index >= 15 is 0 Å². The molecule has 3 aromatic rings. The molecule has 0 aliphatic carbocycles. The maximum Gasteiger partial charge on any atom is 0.407 e. The Balaban J connectivity index is 1.63. The van der Waals surface area contributed by atoms with Crippen LogP contribution in [0.2, 0.25) is 0 Å². The number of hydrogen-bond acceptors (Lipinski definition) is 4. The van der Waals surface area contributed by atoms with Gasteiger partial charge in [0.1, 0.15) is 0 Å². The third-order valence-corrected chi connectivity index (χ3v) is 6.19. The lowest BCUT2D eigenvalue weighted by molar-refractivity contribution is -0.117. The van der Waals surface area contributed by atoms with E-state index in [0.717, 1.165) is 34.6 Å². The van der Waals surface area contributed by atoms with E-state index in [9.17, 15) is 9.59 Å². The first-order chi connectivity index (χ1) is 16.8. The number of alkyl carbamates (subject to hydrolysis) is 1. The summed E-state index contributed by atoms with van der Waals surface area (Å²) in [6.07, 6.45) is -0.0411. The summed E-state index contributed by atoms with van der Waals surface area (Å²) in [5, 5.41) is 6.50. The van der Waals surface area contributed by atoms with Crippen LogP contribution in [-0.2, 0) is 16.1 Å². The molecule has 0 radical (unpaired) electrons. The highest BCUT2D eigenvalue weighted by Gasteiger charge is 2.33. The summed E-state index contributed by atoms with van der Waals surface area (Å²) in [4.78, 5) is 26.7.